The average molecular weight is 1260 g/mol. The molecule has 456 valence electrons. The van der Waals surface area contributed by atoms with Gasteiger partial charge < -0.3 is 50.3 Å². The number of aromatic amines is 2. The summed E-state index contributed by atoms with van der Waals surface area (Å²) in [6, 6.07) is 16.1. The van der Waals surface area contributed by atoms with Gasteiger partial charge in [-0.15, -0.1) is 13.9 Å². The fourth-order valence-electron chi connectivity index (χ4n) is 6.00. The Kier molecular flexibility index (Phi) is 25.2. The summed E-state index contributed by atoms with van der Waals surface area (Å²) in [5.74, 6) is -1.25. The van der Waals surface area contributed by atoms with Gasteiger partial charge in [-0.05, 0) is 86.4 Å². The molecular formula is C47H67ClF2N7O22P3+2. The van der Waals surface area contributed by atoms with E-state index in [4.69, 9.17) is 73.5 Å². The summed E-state index contributed by atoms with van der Waals surface area (Å²) in [6.07, 6.45) is -10.7. The maximum atomic E-state index is 15.6. The normalized spacial score (nSPS) is 25.2. The van der Waals surface area contributed by atoms with Gasteiger partial charge in [-0.3, -0.25) is 43.1 Å². The number of rotatable bonds is 19. The molecule has 35 heteroatoms. The van der Waals surface area contributed by atoms with Gasteiger partial charge in [-0.1, -0.05) is 36.4 Å². The van der Waals surface area contributed by atoms with Gasteiger partial charge in [0, 0.05) is 53.1 Å². The zero-order chi connectivity index (χ0) is 67.4. The molecule has 14 atom stereocenters. The van der Waals surface area contributed by atoms with E-state index in [1.165, 1.54) is 26.0 Å². The highest BCUT2D eigenvalue weighted by Crippen LogP contribution is 2.48. The maximum Gasteiger partial charge on any atom is 0.750 e. The maximum absolute atomic E-state index is 15.6. The van der Waals surface area contributed by atoms with Crippen molar-refractivity contribution >= 4 is 52.5 Å². The van der Waals surface area contributed by atoms with Crippen molar-refractivity contribution < 1.29 is 102 Å². The van der Waals surface area contributed by atoms with E-state index in [-0.39, 0.29) is 23.9 Å². The van der Waals surface area contributed by atoms with Crippen molar-refractivity contribution in [2.24, 2.45) is 11.5 Å². The number of nitrogens with one attached hydrogen (secondary N) is 3. The van der Waals surface area contributed by atoms with Gasteiger partial charge in [0.15, 0.2) is 29.5 Å². The Bertz CT molecular complexity index is 3250. The molecule has 0 bridgehead atoms. The number of benzene rings is 2. The van der Waals surface area contributed by atoms with Crippen molar-refractivity contribution in [1.82, 2.24) is 24.2 Å². The number of alkyl halides is 2. The summed E-state index contributed by atoms with van der Waals surface area (Å²) in [5.41, 5.74) is -0.678. The van der Waals surface area contributed by atoms with Crippen molar-refractivity contribution in [3.05, 3.63) is 127 Å². The number of aliphatic hydroxyl groups excluding tert-OH is 2. The molecule has 2 aromatic carbocycles. The Labute approximate surface area is 481 Å². The molecule has 3 unspecified atom stereocenters. The minimum absolute atomic E-state index is 0.0662. The van der Waals surface area contributed by atoms with Crippen molar-refractivity contribution in [2.45, 2.75) is 141 Å². The minimum atomic E-state index is -3.65. The van der Waals surface area contributed by atoms with Crippen LogP contribution in [0.2, 0.25) is 0 Å². The third kappa shape index (κ3) is 24.1. The number of nitrogens with zero attached hydrogens (tertiary/aromatic N) is 2. The van der Waals surface area contributed by atoms with Crippen LogP contribution in [0.4, 0.5) is 8.78 Å². The third-order valence-electron chi connectivity index (χ3n) is 9.85. The smallest absolute Gasteiger partial charge is 0.480 e. The van der Waals surface area contributed by atoms with E-state index in [0.29, 0.717) is 14.9 Å². The number of carboxylic acid groups (broad SMARTS) is 1. The molecule has 2 aliphatic rings. The van der Waals surface area contributed by atoms with Crippen LogP contribution in [-0.2, 0) is 56.1 Å². The Morgan fingerprint density at radius 2 is 1.15 bits per heavy atom. The molecule has 0 spiro atoms. The third-order valence-corrected chi connectivity index (χ3v) is 12.6. The molecule has 0 saturated carbocycles. The summed E-state index contributed by atoms with van der Waals surface area (Å²) >= 11 is 5.76. The fourth-order valence-corrected chi connectivity index (χ4v) is 8.58. The predicted molar refractivity (Wildman–Crippen MR) is 288 cm³/mol. The second-order valence-corrected chi connectivity index (χ2v) is 22.0. The molecule has 2 aliphatic heterocycles. The average Bonchev–Trinajstić information content (AvgIpc) is 1.75. The summed E-state index contributed by atoms with van der Waals surface area (Å²) in [7, 11) is -5.84. The van der Waals surface area contributed by atoms with Crippen LogP contribution in [0.15, 0.2) is 104 Å². The molecule has 0 amide bonds. The number of esters is 2. The Morgan fingerprint density at radius 3 is 1.50 bits per heavy atom. The van der Waals surface area contributed by atoms with E-state index < -0.39 is 151 Å². The molecule has 11 N–H and O–H groups in total. The van der Waals surface area contributed by atoms with Gasteiger partial charge >= 0.3 is 52.7 Å². The van der Waals surface area contributed by atoms with Crippen LogP contribution < -0.4 is 48.1 Å². The number of aromatic nitrogens is 4. The van der Waals surface area contributed by atoms with Gasteiger partial charge in [0.1, 0.15) is 61.5 Å². The lowest BCUT2D eigenvalue weighted by Crippen LogP contribution is -2.43. The standard InChI is InChI=1S/C16H16FN2O7P.C12H17ClNO4P.C10H12FN2O7P.C6H13NO2.C3H7NO2/c1-16(17)13(21)11(9-24-27(23)26-10-5-3-2-4-6-10)25-14(16)19-8-7-12(20)18-15(19)22;1-9(2)17-12(15)10(3)14-19(13,16)18-11-7-5-4-6-8-11;1-10(11)7(15)5(4-19-21(17)18)20-8(10)13-3-2-6(14)12-9(13)16;1-4(2)9-6(8)5(3)7;1-2(4)3(5)6/h2-8,11,13-14,21H,9H2,1H3;4-10H,1-3H3,(H,14,16);2-3,5,7-8,15H,4H2,1H3,(H-,12,14,16,17,18);4-5H,7H2,1-3H3;2H,4H2,1H3,(H,5,6)/p+2/t11-,13-,14-,16-;10-,19?;5-,7-,8-,10-;5-;2-/m10100/s1/i1+1D3;;1+1D3;;. The number of carbonyl (C=O) groups is 3. The van der Waals surface area contributed by atoms with Gasteiger partial charge in [-0.25, -0.2) is 32.5 Å². The number of ether oxygens (including phenoxy) is 4. The number of nitrogens with two attached hydrogens (primary N) is 2. The van der Waals surface area contributed by atoms with Crippen LogP contribution in [0.25, 0.3) is 0 Å². The van der Waals surface area contributed by atoms with Crippen molar-refractivity contribution in [3.63, 3.8) is 0 Å². The number of H-pyrrole nitrogens is 2. The molecule has 0 aliphatic carbocycles. The molecule has 4 heterocycles. The van der Waals surface area contributed by atoms with Crippen molar-refractivity contribution in [3.8, 4) is 11.5 Å². The van der Waals surface area contributed by atoms with E-state index in [1.54, 1.807) is 88.1 Å². The molecular weight excluding hydrogens is 1180 g/mol. The van der Waals surface area contributed by atoms with E-state index in [9.17, 15) is 57.5 Å². The number of halogens is 3. The lowest BCUT2D eigenvalue weighted by atomic mass is 10.0. The first kappa shape index (κ1) is 62.0. The van der Waals surface area contributed by atoms with Crippen LogP contribution in [0, 0.1) is 0 Å². The highest BCUT2D eigenvalue weighted by atomic mass is 35.7. The van der Waals surface area contributed by atoms with Crippen LogP contribution in [0.5, 0.6) is 11.5 Å². The number of carboxylic acids is 1. The Hall–Kier alpha value is -6.01. The minimum Gasteiger partial charge on any atom is -0.480 e. The second kappa shape index (κ2) is 33.3. The van der Waals surface area contributed by atoms with Gasteiger partial charge in [0.25, 0.3) is 11.1 Å². The van der Waals surface area contributed by atoms with E-state index in [1.807, 2.05) is 4.98 Å². The van der Waals surface area contributed by atoms with Crippen LogP contribution in [-0.4, -0.2) is 137 Å². The summed E-state index contributed by atoms with van der Waals surface area (Å²) in [4.78, 5) is 90.1. The molecule has 82 heavy (non-hydrogen) atoms. The molecule has 4 aromatic rings. The topological polar surface area (TPSA) is 431 Å². The number of aliphatic hydroxyl groups is 2. The summed E-state index contributed by atoms with van der Waals surface area (Å²) < 4.78 is 150. The molecule has 6 rings (SSSR count). The van der Waals surface area contributed by atoms with Crippen LogP contribution >= 0.6 is 34.6 Å². The van der Waals surface area contributed by atoms with Crippen LogP contribution in [0.1, 0.15) is 82.9 Å². The van der Waals surface area contributed by atoms with Gasteiger partial charge in [0.05, 0.1) is 12.2 Å². The quantitative estimate of drug-likeness (QED) is 0.0368. The first-order valence-electron chi connectivity index (χ1n) is 26.8. The zero-order valence-electron chi connectivity index (χ0n) is 50.5. The largest absolute Gasteiger partial charge is 0.750 e. The Balaban J connectivity index is 0.000000409. The van der Waals surface area contributed by atoms with Crippen molar-refractivity contribution in [2.75, 3.05) is 13.2 Å². The summed E-state index contributed by atoms with van der Waals surface area (Å²) in [6.45, 7) is -0.388. The predicted octanol–water partition coefficient (Wildman–Crippen LogP) is 3.51. The number of hydrogen-bond donors (Lipinski definition) is 9. The molecule has 0 radical (unpaired) electrons. The lowest BCUT2D eigenvalue weighted by molar-refractivity contribution is -0.149. The first-order valence-corrected chi connectivity index (χ1v) is 28.5. The van der Waals surface area contributed by atoms with E-state index >= 15 is 8.78 Å². The number of para-hydroxylation sites is 2. The summed E-state index contributed by atoms with van der Waals surface area (Å²) in [5, 5.41) is 30.7. The van der Waals surface area contributed by atoms with E-state index in [0.717, 1.165) is 24.5 Å². The fraction of sp³-hybridized carbons (Fsp3) is 0.511. The number of hydrogen-bond acceptors (Lipinski definition) is 22. The first-order chi connectivity index (χ1) is 40.5. The zero-order valence-corrected chi connectivity index (χ0v) is 47.9. The monoisotopic (exact) mass is 1260 g/mol. The molecule has 2 saturated heterocycles. The molecule has 29 nitrogen and oxygen atoms in total. The Morgan fingerprint density at radius 1 is 0.744 bits per heavy atom. The van der Waals surface area contributed by atoms with Crippen molar-refractivity contribution in [1.29, 1.82) is 0 Å². The highest BCUT2D eigenvalue weighted by molar-refractivity contribution is 7.84. The van der Waals surface area contributed by atoms with Crippen LogP contribution in [0.3, 0.4) is 0 Å². The number of carbonyl (C=O) groups excluding carboxylic acids is 2. The van der Waals surface area contributed by atoms with Gasteiger partial charge in [-0.2, -0.15) is 0 Å². The lowest BCUT2D eigenvalue weighted by Gasteiger charge is -2.24. The van der Waals surface area contributed by atoms with Gasteiger partial charge in [0.2, 0.25) is 0 Å². The molecule has 2 fully saturated rings. The highest BCUT2D eigenvalue weighted by Gasteiger charge is 2.57. The SMILES string of the molecule is CC(C)OC(=O)[C@H](C)N.CC(C)OC(=O)[C@H](C)NP(=O)(Cl)Oc1ccccc1.C[C@H](N)C(=O)O.[2H][13C]([2H])([2H])[C@@]1(F)[C@H](O)[C@@H](CO[P+](=O)O)O[C@H]1n1ccc(=O)[nH]c1=O.[2H][13C]([2H])([2H])[C@@]1(F)[C@H](O)[C@@H](CO[P+](=O)Oc2ccccc2)O[C@H]1n1ccc(=O)[nH]c1=O. The molecule has 2 aromatic heterocycles. The number of aliphatic carboxylic acids is 1. The van der Waals surface area contributed by atoms with E-state index in [2.05, 4.69) is 9.61 Å². The second-order valence-electron chi connectivity index (χ2n) is 17.6.